The number of carboxylic acid groups (broad SMARTS) is 1. The van der Waals surface area contributed by atoms with Crippen LogP contribution in [0.4, 0.5) is 11.6 Å². The Morgan fingerprint density at radius 1 is 1.16 bits per heavy atom. The van der Waals surface area contributed by atoms with Crippen molar-refractivity contribution in [3.8, 4) is 0 Å². The molecule has 0 unspecified atom stereocenters. The number of carbonyl (C=O) groups is 1. The van der Waals surface area contributed by atoms with E-state index in [-0.39, 0.29) is 17.2 Å². The highest BCUT2D eigenvalue weighted by Gasteiger charge is 2.09. The van der Waals surface area contributed by atoms with E-state index in [1.165, 1.54) is 30.0 Å². The number of hydrogen-bond acceptors (Lipinski definition) is 6. The molecule has 6 nitrogen and oxygen atoms in total. The Bertz CT molecular complexity index is 630. The smallest absolute Gasteiger partial charge is 0.335 e. The van der Waals surface area contributed by atoms with Gasteiger partial charge in [-0.25, -0.2) is 14.8 Å². The second kappa shape index (κ2) is 5.45. The second-order valence-electron chi connectivity index (χ2n) is 3.58. The van der Waals surface area contributed by atoms with Crippen molar-refractivity contribution in [2.75, 3.05) is 11.5 Å². The predicted molar refractivity (Wildman–Crippen MR) is 76.1 cm³/mol. The Morgan fingerprint density at radius 2 is 1.79 bits per heavy atom. The standard InChI is InChI=1S/C11H9BrN4O2S/c12-6-1-5(10(17)18)2-7(3-6)19-11-15-8(13)4-9(14)16-11/h1-4H,(H,17,18)(H4,13,14,15,16). The van der Waals surface area contributed by atoms with Gasteiger partial charge in [-0.05, 0) is 30.0 Å². The fraction of sp³-hybridized carbons (Fsp3) is 0. The number of nitrogen functional groups attached to an aromatic ring is 2. The topological polar surface area (TPSA) is 115 Å². The number of aromatic carboxylic acids is 1. The van der Waals surface area contributed by atoms with E-state index in [9.17, 15) is 4.79 Å². The molecule has 0 saturated carbocycles. The van der Waals surface area contributed by atoms with E-state index in [2.05, 4.69) is 25.9 Å². The minimum Gasteiger partial charge on any atom is -0.478 e. The Hall–Kier alpha value is -1.80. The first-order valence-electron chi connectivity index (χ1n) is 5.06. The highest BCUT2D eigenvalue weighted by molar-refractivity contribution is 9.10. The first-order chi connectivity index (χ1) is 8.94. The molecule has 19 heavy (non-hydrogen) atoms. The van der Waals surface area contributed by atoms with Crippen LogP contribution in [0.5, 0.6) is 0 Å². The van der Waals surface area contributed by atoms with Crippen LogP contribution in [0, 0.1) is 0 Å². The Balaban J connectivity index is 2.35. The van der Waals surface area contributed by atoms with Gasteiger partial charge < -0.3 is 16.6 Å². The fourth-order valence-corrected chi connectivity index (χ4v) is 2.89. The maximum Gasteiger partial charge on any atom is 0.335 e. The number of benzene rings is 1. The first kappa shape index (κ1) is 13.6. The Labute approximate surface area is 121 Å². The van der Waals surface area contributed by atoms with E-state index in [0.29, 0.717) is 14.5 Å². The number of carboxylic acids is 1. The molecule has 1 heterocycles. The van der Waals surface area contributed by atoms with Crippen LogP contribution in [0.25, 0.3) is 0 Å². The number of anilines is 2. The van der Waals surface area contributed by atoms with Gasteiger partial charge in [0, 0.05) is 15.4 Å². The van der Waals surface area contributed by atoms with E-state index in [1.807, 2.05) is 0 Å². The van der Waals surface area contributed by atoms with Gasteiger partial charge in [-0.2, -0.15) is 0 Å². The molecule has 0 bridgehead atoms. The summed E-state index contributed by atoms with van der Waals surface area (Å²) >= 11 is 4.44. The lowest BCUT2D eigenvalue weighted by atomic mass is 10.2. The summed E-state index contributed by atoms with van der Waals surface area (Å²) in [6.07, 6.45) is 0. The summed E-state index contributed by atoms with van der Waals surface area (Å²) in [6, 6.07) is 6.26. The molecule has 2 rings (SSSR count). The van der Waals surface area contributed by atoms with Gasteiger partial charge in [0.05, 0.1) is 5.56 Å². The van der Waals surface area contributed by atoms with Crippen molar-refractivity contribution in [2.45, 2.75) is 10.1 Å². The molecule has 2 aromatic rings. The van der Waals surface area contributed by atoms with Crippen LogP contribution < -0.4 is 11.5 Å². The number of rotatable bonds is 3. The summed E-state index contributed by atoms with van der Waals surface area (Å²) in [5.41, 5.74) is 11.3. The normalized spacial score (nSPS) is 10.4. The van der Waals surface area contributed by atoms with Crippen molar-refractivity contribution in [1.82, 2.24) is 9.97 Å². The number of halogens is 1. The van der Waals surface area contributed by atoms with Crippen molar-refractivity contribution in [3.05, 3.63) is 34.3 Å². The molecule has 0 saturated heterocycles. The molecule has 0 aliphatic rings. The van der Waals surface area contributed by atoms with Crippen LogP contribution >= 0.6 is 27.7 Å². The lowest BCUT2D eigenvalue weighted by Crippen LogP contribution is -1.99. The molecule has 0 amide bonds. The van der Waals surface area contributed by atoms with E-state index >= 15 is 0 Å². The van der Waals surface area contributed by atoms with Gasteiger partial charge in [0.1, 0.15) is 11.6 Å². The summed E-state index contributed by atoms with van der Waals surface area (Å²) in [5, 5.41) is 9.35. The summed E-state index contributed by atoms with van der Waals surface area (Å²) in [5.74, 6) is -0.469. The van der Waals surface area contributed by atoms with Gasteiger partial charge in [0.25, 0.3) is 0 Å². The van der Waals surface area contributed by atoms with Gasteiger partial charge in [-0.3, -0.25) is 0 Å². The van der Waals surface area contributed by atoms with Crippen molar-refractivity contribution in [1.29, 1.82) is 0 Å². The first-order valence-corrected chi connectivity index (χ1v) is 6.67. The maximum absolute atomic E-state index is 11.0. The van der Waals surface area contributed by atoms with Crippen LogP contribution in [0.2, 0.25) is 0 Å². The molecule has 0 fully saturated rings. The highest BCUT2D eigenvalue weighted by Crippen LogP contribution is 2.29. The van der Waals surface area contributed by atoms with Crippen LogP contribution in [0.3, 0.4) is 0 Å². The molecule has 1 aromatic carbocycles. The zero-order valence-corrected chi connectivity index (χ0v) is 11.9. The Morgan fingerprint density at radius 3 is 2.37 bits per heavy atom. The van der Waals surface area contributed by atoms with E-state index in [4.69, 9.17) is 16.6 Å². The third kappa shape index (κ3) is 3.58. The molecule has 8 heteroatoms. The van der Waals surface area contributed by atoms with Crippen LogP contribution in [-0.4, -0.2) is 21.0 Å². The number of nitrogens with two attached hydrogens (primary N) is 2. The molecule has 0 spiro atoms. The van der Waals surface area contributed by atoms with Crippen molar-refractivity contribution in [2.24, 2.45) is 0 Å². The largest absolute Gasteiger partial charge is 0.478 e. The molecule has 0 aliphatic heterocycles. The summed E-state index contributed by atoms with van der Waals surface area (Å²) in [7, 11) is 0. The molecular weight excluding hydrogens is 332 g/mol. The minimum atomic E-state index is -1.00. The van der Waals surface area contributed by atoms with Crippen LogP contribution in [-0.2, 0) is 0 Å². The predicted octanol–water partition coefficient (Wildman–Crippen LogP) is 2.25. The SMILES string of the molecule is Nc1cc(N)nc(Sc2cc(Br)cc(C(=O)O)c2)n1. The zero-order valence-electron chi connectivity index (χ0n) is 9.50. The van der Waals surface area contributed by atoms with Crippen molar-refractivity contribution < 1.29 is 9.90 Å². The molecule has 0 atom stereocenters. The van der Waals surface area contributed by atoms with E-state index in [1.54, 1.807) is 6.07 Å². The average Bonchev–Trinajstić information content (AvgIpc) is 2.26. The average molecular weight is 341 g/mol. The van der Waals surface area contributed by atoms with Gasteiger partial charge in [0.2, 0.25) is 0 Å². The van der Waals surface area contributed by atoms with Crippen molar-refractivity contribution in [3.63, 3.8) is 0 Å². The number of aromatic nitrogens is 2. The highest BCUT2D eigenvalue weighted by atomic mass is 79.9. The lowest BCUT2D eigenvalue weighted by molar-refractivity contribution is 0.0696. The molecular formula is C11H9BrN4O2S. The summed E-state index contributed by atoms with van der Waals surface area (Å²) in [4.78, 5) is 19.7. The third-order valence-corrected chi connectivity index (χ3v) is 3.37. The van der Waals surface area contributed by atoms with Crippen LogP contribution in [0.1, 0.15) is 10.4 Å². The van der Waals surface area contributed by atoms with E-state index in [0.717, 1.165) is 0 Å². The van der Waals surface area contributed by atoms with Gasteiger partial charge in [-0.15, -0.1) is 0 Å². The maximum atomic E-state index is 11.0. The fourth-order valence-electron chi connectivity index (χ4n) is 1.36. The third-order valence-electron chi connectivity index (χ3n) is 2.07. The molecule has 0 aliphatic carbocycles. The summed E-state index contributed by atoms with van der Waals surface area (Å²) in [6.45, 7) is 0. The van der Waals surface area contributed by atoms with Gasteiger partial charge in [-0.1, -0.05) is 15.9 Å². The van der Waals surface area contributed by atoms with Gasteiger partial charge in [0.15, 0.2) is 5.16 Å². The van der Waals surface area contributed by atoms with Crippen molar-refractivity contribution >= 4 is 45.3 Å². The van der Waals surface area contributed by atoms with E-state index < -0.39 is 5.97 Å². The molecule has 0 radical (unpaired) electrons. The second-order valence-corrected chi connectivity index (χ2v) is 5.54. The molecule has 1 aromatic heterocycles. The molecule has 5 N–H and O–H groups in total. The Kier molecular flexibility index (Phi) is 3.91. The van der Waals surface area contributed by atoms with Crippen LogP contribution in [0.15, 0.2) is 38.8 Å². The summed E-state index contributed by atoms with van der Waals surface area (Å²) < 4.78 is 0.659. The number of nitrogens with zero attached hydrogens (tertiary/aromatic N) is 2. The number of hydrogen-bond donors (Lipinski definition) is 3. The minimum absolute atomic E-state index is 0.175. The van der Waals surface area contributed by atoms with Gasteiger partial charge >= 0.3 is 5.97 Å². The molecule has 98 valence electrons. The quantitative estimate of drug-likeness (QED) is 0.733. The zero-order chi connectivity index (χ0) is 14.0. The monoisotopic (exact) mass is 340 g/mol. The lowest BCUT2D eigenvalue weighted by Gasteiger charge is -2.04.